The molecule has 0 saturated carbocycles. The lowest BCUT2D eigenvalue weighted by Crippen LogP contribution is -2.41. The smallest absolute Gasteiger partial charge is 0.348 e. The number of halogens is 2. The summed E-state index contributed by atoms with van der Waals surface area (Å²) in [6.07, 6.45) is 1.20. The monoisotopic (exact) mass is 360 g/mol. The number of carbonyl (C=O) groups is 2. The van der Waals surface area contributed by atoms with Crippen LogP contribution in [0.3, 0.4) is 0 Å². The van der Waals surface area contributed by atoms with Crippen molar-refractivity contribution < 1.29 is 28.5 Å². The van der Waals surface area contributed by atoms with Gasteiger partial charge in [0.05, 0.1) is 24.3 Å². The average Bonchev–Trinajstić information content (AvgIpc) is 2.43. The Balaban J connectivity index is 2.55. The first-order chi connectivity index (χ1) is 10.7. The van der Waals surface area contributed by atoms with Crippen LogP contribution in [0.2, 0.25) is 10.0 Å². The number of hydrogen-bond donors (Lipinski definition) is 0. The summed E-state index contributed by atoms with van der Waals surface area (Å²) in [4.78, 5) is 24.0. The van der Waals surface area contributed by atoms with Gasteiger partial charge in [0.1, 0.15) is 5.57 Å². The normalized spacial score (nSPS) is 16.5. The lowest BCUT2D eigenvalue weighted by molar-refractivity contribution is -0.222. The molecular weight excluding hydrogens is 347 g/mol. The number of cyclic esters (lactones) is 2. The molecule has 1 fully saturated rings. The molecule has 0 aromatic heterocycles. The molecule has 6 nitrogen and oxygen atoms in total. The summed E-state index contributed by atoms with van der Waals surface area (Å²) in [7, 11) is 2.83. The molecule has 1 heterocycles. The zero-order valence-electron chi connectivity index (χ0n) is 12.9. The van der Waals surface area contributed by atoms with Gasteiger partial charge in [-0.25, -0.2) is 9.59 Å². The van der Waals surface area contributed by atoms with Crippen LogP contribution in [0.15, 0.2) is 11.6 Å². The van der Waals surface area contributed by atoms with E-state index in [1.54, 1.807) is 0 Å². The van der Waals surface area contributed by atoms with Crippen molar-refractivity contribution in [3.63, 3.8) is 0 Å². The van der Waals surface area contributed by atoms with Crippen molar-refractivity contribution in [2.24, 2.45) is 0 Å². The van der Waals surface area contributed by atoms with E-state index in [1.165, 1.54) is 40.2 Å². The molecule has 2 rings (SSSR count). The van der Waals surface area contributed by atoms with Crippen molar-refractivity contribution in [1.82, 2.24) is 0 Å². The number of hydrogen-bond acceptors (Lipinski definition) is 6. The third kappa shape index (κ3) is 3.38. The van der Waals surface area contributed by atoms with Crippen LogP contribution in [0.5, 0.6) is 11.5 Å². The minimum Gasteiger partial charge on any atom is -0.493 e. The Morgan fingerprint density at radius 1 is 1.09 bits per heavy atom. The summed E-state index contributed by atoms with van der Waals surface area (Å²) < 4.78 is 20.3. The van der Waals surface area contributed by atoms with Crippen LogP contribution in [0.4, 0.5) is 0 Å². The second-order valence-corrected chi connectivity index (χ2v) is 5.84. The Bertz CT molecular complexity index is 686. The number of rotatable bonds is 3. The van der Waals surface area contributed by atoms with Crippen molar-refractivity contribution >= 4 is 41.2 Å². The van der Waals surface area contributed by atoms with Gasteiger partial charge in [0.25, 0.3) is 5.79 Å². The molecule has 1 aliphatic heterocycles. The topological polar surface area (TPSA) is 71.1 Å². The maximum atomic E-state index is 12.0. The zero-order chi connectivity index (χ0) is 17.4. The van der Waals surface area contributed by atoms with Crippen LogP contribution in [0, 0.1) is 0 Å². The molecule has 0 unspecified atom stereocenters. The van der Waals surface area contributed by atoms with E-state index in [2.05, 4.69) is 0 Å². The maximum absolute atomic E-state index is 12.0. The van der Waals surface area contributed by atoms with Crippen LogP contribution in [-0.4, -0.2) is 31.9 Å². The van der Waals surface area contributed by atoms with Crippen LogP contribution in [0.25, 0.3) is 6.08 Å². The lowest BCUT2D eigenvalue weighted by atomic mass is 10.1. The Hall–Kier alpha value is -1.92. The minimum absolute atomic E-state index is 0.0924. The molecule has 1 aliphatic rings. The van der Waals surface area contributed by atoms with Crippen molar-refractivity contribution in [1.29, 1.82) is 0 Å². The highest BCUT2D eigenvalue weighted by Crippen LogP contribution is 2.42. The van der Waals surface area contributed by atoms with Crippen LogP contribution < -0.4 is 9.47 Å². The predicted octanol–water partition coefficient (Wildman–Crippen LogP) is 3.23. The maximum Gasteiger partial charge on any atom is 0.348 e. The average molecular weight is 361 g/mol. The molecule has 1 aromatic carbocycles. The third-order valence-electron chi connectivity index (χ3n) is 3.00. The number of ether oxygens (including phenoxy) is 4. The van der Waals surface area contributed by atoms with Crippen molar-refractivity contribution in [3.8, 4) is 11.5 Å². The van der Waals surface area contributed by atoms with E-state index in [9.17, 15) is 9.59 Å². The molecule has 0 spiro atoms. The number of carbonyl (C=O) groups excluding carboxylic acids is 2. The molecule has 124 valence electrons. The van der Waals surface area contributed by atoms with Gasteiger partial charge in [-0.2, -0.15) is 0 Å². The third-order valence-corrected chi connectivity index (χ3v) is 3.69. The van der Waals surface area contributed by atoms with Gasteiger partial charge in [0.15, 0.2) is 11.5 Å². The summed E-state index contributed by atoms with van der Waals surface area (Å²) in [6.45, 7) is 2.91. The standard InChI is InChI=1S/C15H14Cl2O6/c1-15(2)22-13(18)8(14(19)23-15)5-7-9(16)6-10(20-3)12(21-4)11(7)17/h5-6H,1-4H3. The molecule has 0 radical (unpaired) electrons. The Kier molecular flexibility index (Phi) is 4.77. The van der Waals surface area contributed by atoms with E-state index in [0.717, 1.165) is 0 Å². The van der Waals surface area contributed by atoms with Crippen LogP contribution in [-0.2, 0) is 19.1 Å². The van der Waals surface area contributed by atoms with Gasteiger partial charge < -0.3 is 18.9 Å². The van der Waals surface area contributed by atoms with E-state index in [1.807, 2.05) is 0 Å². The first kappa shape index (κ1) is 17.4. The fourth-order valence-electron chi connectivity index (χ4n) is 1.99. The molecular formula is C15H14Cl2O6. The summed E-state index contributed by atoms with van der Waals surface area (Å²) >= 11 is 12.4. The van der Waals surface area contributed by atoms with E-state index in [0.29, 0.717) is 5.75 Å². The van der Waals surface area contributed by atoms with Crippen molar-refractivity contribution in [3.05, 3.63) is 27.2 Å². The first-order valence-corrected chi connectivity index (χ1v) is 7.24. The van der Waals surface area contributed by atoms with E-state index in [-0.39, 0.29) is 26.9 Å². The highest BCUT2D eigenvalue weighted by molar-refractivity contribution is 6.39. The summed E-state index contributed by atoms with van der Waals surface area (Å²) in [5, 5.41) is 0.264. The van der Waals surface area contributed by atoms with Gasteiger partial charge in [-0.1, -0.05) is 23.2 Å². The number of methoxy groups -OCH3 is 2. The van der Waals surface area contributed by atoms with Crippen molar-refractivity contribution in [2.75, 3.05) is 14.2 Å². The summed E-state index contributed by atoms with van der Waals surface area (Å²) in [5.74, 6) is -2.43. The quantitative estimate of drug-likeness (QED) is 0.468. The first-order valence-electron chi connectivity index (χ1n) is 6.48. The zero-order valence-corrected chi connectivity index (χ0v) is 14.4. The minimum atomic E-state index is -1.32. The summed E-state index contributed by atoms with van der Waals surface area (Å²) in [6, 6.07) is 1.46. The van der Waals surface area contributed by atoms with Gasteiger partial charge in [0.2, 0.25) is 0 Å². The molecule has 0 N–H and O–H groups in total. The molecule has 23 heavy (non-hydrogen) atoms. The fourth-order valence-corrected chi connectivity index (χ4v) is 2.61. The van der Waals surface area contributed by atoms with Gasteiger partial charge in [-0.05, 0) is 6.08 Å². The highest BCUT2D eigenvalue weighted by atomic mass is 35.5. The lowest BCUT2D eigenvalue weighted by Gasteiger charge is -2.29. The highest BCUT2D eigenvalue weighted by Gasteiger charge is 2.39. The van der Waals surface area contributed by atoms with Gasteiger partial charge in [-0.3, -0.25) is 0 Å². The second kappa shape index (κ2) is 6.29. The van der Waals surface area contributed by atoms with E-state index < -0.39 is 17.7 Å². The Morgan fingerprint density at radius 2 is 1.65 bits per heavy atom. The van der Waals surface area contributed by atoms with Gasteiger partial charge >= 0.3 is 11.9 Å². The van der Waals surface area contributed by atoms with E-state index in [4.69, 9.17) is 42.1 Å². The van der Waals surface area contributed by atoms with Crippen molar-refractivity contribution in [2.45, 2.75) is 19.6 Å². The largest absolute Gasteiger partial charge is 0.493 e. The van der Waals surface area contributed by atoms with Gasteiger partial charge in [0, 0.05) is 25.5 Å². The molecule has 1 saturated heterocycles. The van der Waals surface area contributed by atoms with Crippen LogP contribution in [0.1, 0.15) is 19.4 Å². The molecule has 0 bridgehead atoms. The molecule has 0 atom stereocenters. The Morgan fingerprint density at radius 3 is 2.13 bits per heavy atom. The predicted molar refractivity (Wildman–Crippen MR) is 83.8 cm³/mol. The molecule has 0 amide bonds. The Labute approximate surface area is 142 Å². The molecule has 0 aliphatic carbocycles. The van der Waals surface area contributed by atoms with Crippen LogP contribution >= 0.6 is 23.2 Å². The fraction of sp³-hybridized carbons (Fsp3) is 0.333. The number of benzene rings is 1. The second-order valence-electron chi connectivity index (χ2n) is 5.06. The number of esters is 2. The summed E-state index contributed by atoms with van der Waals surface area (Å²) in [5.41, 5.74) is -0.102. The molecule has 1 aromatic rings. The van der Waals surface area contributed by atoms with Gasteiger partial charge in [-0.15, -0.1) is 0 Å². The molecule has 8 heteroatoms. The SMILES string of the molecule is COc1cc(Cl)c(C=C2C(=O)OC(C)(C)OC2=O)c(Cl)c1OC. The van der Waals surface area contributed by atoms with E-state index >= 15 is 0 Å².